The number of carboxylic acids is 1. The Bertz CT molecular complexity index is 1440. The van der Waals surface area contributed by atoms with Crippen LogP contribution in [0.5, 0.6) is 0 Å². The summed E-state index contributed by atoms with van der Waals surface area (Å²) in [6.45, 7) is 11.0. The molecule has 6 heteroatoms. The van der Waals surface area contributed by atoms with E-state index in [0.717, 1.165) is 28.4 Å². The molecule has 1 atom stereocenters. The van der Waals surface area contributed by atoms with Crippen LogP contribution < -0.4 is 4.90 Å². The van der Waals surface area contributed by atoms with E-state index < -0.39 is 12.0 Å². The van der Waals surface area contributed by atoms with E-state index in [1.807, 2.05) is 23.1 Å². The number of rotatable bonds is 11. The molecule has 0 amide bonds. The van der Waals surface area contributed by atoms with Crippen molar-refractivity contribution in [3.63, 3.8) is 0 Å². The highest BCUT2D eigenvalue weighted by Gasteiger charge is 2.31. The van der Waals surface area contributed by atoms with Crippen LogP contribution in [0.15, 0.2) is 78.2 Å². The minimum Gasteiger partial charge on any atom is -0.480 e. The van der Waals surface area contributed by atoms with Crippen molar-refractivity contribution in [2.75, 3.05) is 4.90 Å². The third-order valence-corrected chi connectivity index (χ3v) is 9.26. The summed E-state index contributed by atoms with van der Waals surface area (Å²) >= 11 is 1.60. The van der Waals surface area contributed by atoms with E-state index in [2.05, 4.69) is 92.6 Å². The normalized spacial score (nSPS) is 15.3. The second-order valence-corrected chi connectivity index (χ2v) is 12.3. The van der Waals surface area contributed by atoms with Crippen molar-refractivity contribution >= 4 is 23.0 Å². The van der Waals surface area contributed by atoms with Crippen molar-refractivity contribution in [1.82, 2.24) is 9.88 Å². The molecular weight excluding hydrogens is 526 g/mol. The molecule has 3 aromatic carbocycles. The Kier molecular flexibility index (Phi) is 9.21. The summed E-state index contributed by atoms with van der Waals surface area (Å²) in [4.78, 5) is 21.4. The van der Waals surface area contributed by atoms with Gasteiger partial charge in [0.1, 0.15) is 11.0 Å². The lowest BCUT2D eigenvalue weighted by atomic mass is 9.94. The van der Waals surface area contributed by atoms with Gasteiger partial charge in [0.25, 0.3) is 0 Å². The van der Waals surface area contributed by atoms with Gasteiger partial charge in [-0.05, 0) is 73.4 Å². The molecule has 5 nitrogen and oxygen atoms in total. The summed E-state index contributed by atoms with van der Waals surface area (Å²) in [5.41, 5.74) is 8.30. The van der Waals surface area contributed by atoms with Crippen molar-refractivity contribution in [2.24, 2.45) is 0 Å². The van der Waals surface area contributed by atoms with Crippen LogP contribution in [0.25, 0.3) is 11.3 Å². The third kappa shape index (κ3) is 6.71. The van der Waals surface area contributed by atoms with Gasteiger partial charge >= 0.3 is 5.97 Å². The molecule has 0 fully saturated rings. The maximum absolute atomic E-state index is 12.0. The molecule has 5 rings (SSSR count). The molecule has 0 saturated heterocycles. The number of fused-ring (bicyclic) bond motifs is 1. The van der Waals surface area contributed by atoms with Crippen LogP contribution in [-0.4, -0.2) is 33.0 Å². The van der Waals surface area contributed by atoms with Gasteiger partial charge < -0.3 is 10.0 Å². The zero-order valence-corrected chi connectivity index (χ0v) is 25.4. The van der Waals surface area contributed by atoms with Crippen LogP contribution in [-0.2, 0) is 30.8 Å². The molecule has 0 aliphatic carbocycles. The predicted octanol–water partition coefficient (Wildman–Crippen LogP) is 8.14. The summed E-state index contributed by atoms with van der Waals surface area (Å²) in [7, 11) is 0. The summed E-state index contributed by atoms with van der Waals surface area (Å²) < 4.78 is 0. The number of aliphatic carboxylic acids is 1. The van der Waals surface area contributed by atoms with Crippen molar-refractivity contribution in [3.8, 4) is 11.3 Å². The molecule has 1 aromatic heterocycles. The second kappa shape index (κ2) is 13.0. The smallest absolute Gasteiger partial charge is 0.321 e. The first-order chi connectivity index (χ1) is 19.9. The Labute approximate surface area is 248 Å². The number of aromatic nitrogens is 1. The molecule has 41 heavy (non-hydrogen) atoms. The predicted molar refractivity (Wildman–Crippen MR) is 169 cm³/mol. The molecule has 0 saturated carbocycles. The third-order valence-electron chi connectivity index (χ3n) is 8.43. The molecule has 0 bridgehead atoms. The van der Waals surface area contributed by atoms with E-state index in [4.69, 9.17) is 4.98 Å². The lowest BCUT2D eigenvalue weighted by Gasteiger charge is -2.33. The number of hydrogen-bond donors (Lipinski definition) is 1. The van der Waals surface area contributed by atoms with Gasteiger partial charge in [0.2, 0.25) is 0 Å². The molecule has 1 aliphatic rings. The van der Waals surface area contributed by atoms with Crippen LogP contribution in [0.3, 0.4) is 0 Å². The largest absolute Gasteiger partial charge is 0.480 e. The summed E-state index contributed by atoms with van der Waals surface area (Å²) in [5.74, 6) is -0.144. The Morgan fingerprint density at radius 2 is 1.68 bits per heavy atom. The standard InChI is InChI=1S/C35H41N3O2S/c1-5-26(6-2)27-15-17-31(18-16-27)38(24(3)4)20-25-11-13-28(14-12-25)32-23-41-34(36-32)22-37-21-30-10-8-7-9-29(30)19-33(37)35(39)40/h7-18,23-24,26,33H,5-6,19-22H2,1-4H3,(H,39,40)/t33-/m0/s1. The van der Waals surface area contributed by atoms with Crippen LogP contribution in [0.1, 0.15) is 73.7 Å². The lowest BCUT2D eigenvalue weighted by Crippen LogP contribution is -2.44. The molecule has 1 aliphatic heterocycles. The van der Waals surface area contributed by atoms with E-state index in [1.54, 1.807) is 11.3 Å². The van der Waals surface area contributed by atoms with Crippen LogP contribution in [0.4, 0.5) is 5.69 Å². The average molecular weight is 568 g/mol. The highest BCUT2D eigenvalue weighted by atomic mass is 32.1. The molecule has 214 valence electrons. The van der Waals surface area contributed by atoms with Crippen LogP contribution in [0.2, 0.25) is 0 Å². The molecule has 1 N–H and O–H groups in total. The van der Waals surface area contributed by atoms with Gasteiger partial charge in [-0.2, -0.15) is 0 Å². The molecule has 2 heterocycles. The Hall–Kier alpha value is -3.48. The maximum Gasteiger partial charge on any atom is 0.321 e. The Morgan fingerprint density at radius 1 is 1.00 bits per heavy atom. The van der Waals surface area contributed by atoms with Crippen molar-refractivity contribution in [3.05, 3.63) is 105 Å². The highest BCUT2D eigenvalue weighted by molar-refractivity contribution is 7.09. The minimum absolute atomic E-state index is 0.381. The van der Waals surface area contributed by atoms with E-state index in [1.165, 1.54) is 35.2 Å². The first-order valence-electron chi connectivity index (χ1n) is 14.8. The number of anilines is 1. The number of nitrogens with zero attached hydrogens (tertiary/aromatic N) is 3. The Balaban J connectivity index is 1.26. The number of carboxylic acid groups (broad SMARTS) is 1. The van der Waals surface area contributed by atoms with Gasteiger partial charge in [-0.15, -0.1) is 11.3 Å². The molecule has 4 aromatic rings. The van der Waals surface area contributed by atoms with E-state index in [0.29, 0.717) is 31.5 Å². The van der Waals surface area contributed by atoms with Crippen LogP contribution >= 0.6 is 11.3 Å². The van der Waals surface area contributed by atoms with Crippen molar-refractivity contribution < 1.29 is 9.90 Å². The zero-order valence-electron chi connectivity index (χ0n) is 24.6. The van der Waals surface area contributed by atoms with E-state index >= 15 is 0 Å². The zero-order chi connectivity index (χ0) is 28.9. The minimum atomic E-state index is -0.774. The highest BCUT2D eigenvalue weighted by Crippen LogP contribution is 2.30. The molecule has 0 unspecified atom stereocenters. The lowest BCUT2D eigenvalue weighted by molar-refractivity contribution is -0.144. The number of thiazole rings is 1. The van der Waals surface area contributed by atoms with E-state index in [-0.39, 0.29) is 0 Å². The number of carbonyl (C=O) groups is 1. The fourth-order valence-corrected chi connectivity index (χ4v) is 6.75. The maximum atomic E-state index is 12.0. The van der Waals surface area contributed by atoms with Crippen molar-refractivity contribution in [2.45, 2.75) is 84.6 Å². The summed E-state index contributed by atoms with van der Waals surface area (Å²) in [6.07, 6.45) is 2.87. The van der Waals surface area contributed by atoms with E-state index in [9.17, 15) is 9.90 Å². The molecular formula is C35H41N3O2S. The van der Waals surface area contributed by atoms with Crippen molar-refractivity contribution in [1.29, 1.82) is 0 Å². The fraction of sp³-hybridized carbons (Fsp3) is 0.371. The van der Waals surface area contributed by atoms with Gasteiger partial charge in [-0.25, -0.2) is 4.98 Å². The fourth-order valence-electron chi connectivity index (χ4n) is 5.92. The van der Waals surface area contributed by atoms with Gasteiger partial charge in [-0.1, -0.05) is 74.5 Å². The molecule has 0 spiro atoms. The van der Waals surface area contributed by atoms with Crippen LogP contribution in [0, 0.1) is 0 Å². The Morgan fingerprint density at radius 3 is 2.32 bits per heavy atom. The first kappa shape index (κ1) is 29.0. The topological polar surface area (TPSA) is 56.7 Å². The van der Waals surface area contributed by atoms with Gasteiger partial charge in [0.15, 0.2) is 0 Å². The van der Waals surface area contributed by atoms with Gasteiger partial charge in [-0.3, -0.25) is 9.69 Å². The SMILES string of the molecule is CCC(CC)c1ccc(N(Cc2ccc(-c3csc(CN4Cc5ccccc5C[C@H]4C(=O)O)n3)cc2)C(C)C)cc1. The summed E-state index contributed by atoms with van der Waals surface area (Å²) in [5, 5.41) is 12.9. The average Bonchev–Trinajstić information content (AvgIpc) is 3.45. The first-order valence-corrected chi connectivity index (χ1v) is 15.7. The monoisotopic (exact) mass is 567 g/mol. The quantitative estimate of drug-likeness (QED) is 0.198. The van der Waals surface area contributed by atoms with Gasteiger partial charge in [0, 0.05) is 35.8 Å². The number of hydrogen-bond acceptors (Lipinski definition) is 5. The summed E-state index contributed by atoms with van der Waals surface area (Å²) in [6, 6.07) is 25.8. The number of benzene rings is 3. The second-order valence-electron chi connectivity index (χ2n) is 11.4. The molecule has 0 radical (unpaired) electrons. The van der Waals surface area contributed by atoms with Gasteiger partial charge in [0.05, 0.1) is 12.2 Å².